The van der Waals surface area contributed by atoms with Crippen molar-refractivity contribution in [2.24, 2.45) is 11.7 Å². The molecular formula is C14H21FN2O3S. The molecule has 7 heteroatoms. The highest BCUT2D eigenvalue weighted by Gasteiger charge is 2.31. The Bertz CT molecular complexity index is 584. The Labute approximate surface area is 124 Å². The lowest BCUT2D eigenvalue weighted by Gasteiger charge is -2.31. The quantitative estimate of drug-likeness (QED) is 0.889. The predicted octanol–water partition coefficient (Wildman–Crippen LogP) is 1.33. The number of methoxy groups -OCH3 is 1. The summed E-state index contributed by atoms with van der Waals surface area (Å²) in [5.41, 5.74) is 6.01. The summed E-state index contributed by atoms with van der Waals surface area (Å²) in [7, 11) is -2.05. The molecule has 0 aromatic heterocycles. The van der Waals surface area contributed by atoms with E-state index in [0.29, 0.717) is 31.2 Å². The summed E-state index contributed by atoms with van der Waals surface area (Å²) >= 11 is 0. The molecule has 1 aromatic carbocycles. The lowest BCUT2D eigenvalue weighted by Crippen LogP contribution is -2.39. The molecule has 5 nitrogen and oxygen atoms in total. The van der Waals surface area contributed by atoms with Gasteiger partial charge < -0.3 is 10.5 Å². The number of hydrogen-bond donors (Lipinski definition) is 1. The van der Waals surface area contributed by atoms with Crippen molar-refractivity contribution in [3.05, 3.63) is 29.6 Å². The van der Waals surface area contributed by atoms with E-state index < -0.39 is 15.8 Å². The zero-order chi connectivity index (χ0) is 15.5. The summed E-state index contributed by atoms with van der Waals surface area (Å²) in [6, 6.07) is 3.71. The molecule has 21 heavy (non-hydrogen) atoms. The highest BCUT2D eigenvalue weighted by molar-refractivity contribution is 7.89. The van der Waals surface area contributed by atoms with E-state index in [2.05, 4.69) is 0 Å². The standard InChI is InChI=1S/C14H21FN2O3S/c1-20-10-11-4-6-17(7-5-11)21(18,19)14-8-13(15)3-2-12(14)9-16/h2-3,8,11H,4-7,9-10,16H2,1H3. The maximum atomic E-state index is 13.4. The monoisotopic (exact) mass is 316 g/mol. The number of rotatable bonds is 5. The Morgan fingerprint density at radius 2 is 2.05 bits per heavy atom. The number of ether oxygens (including phenoxy) is 1. The first-order chi connectivity index (χ1) is 9.98. The minimum absolute atomic E-state index is 0.0183. The van der Waals surface area contributed by atoms with Gasteiger partial charge in [-0.2, -0.15) is 4.31 Å². The Balaban J connectivity index is 2.21. The van der Waals surface area contributed by atoms with Gasteiger partial charge in [-0.3, -0.25) is 0 Å². The molecule has 118 valence electrons. The highest BCUT2D eigenvalue weighted by Crippen LogP contribution is 2.26. The lowest BCUT2D eigenvalue weighted by molar-refractivity contribution is 0.121. The Kier molecular flexibility index (Phi) is 5.32. The first kappa shape index (κ1) is 16.4. The zero-order valence-electron chi connectivity index (χ0n) is 12.1. The summed E-state index contributed by atoms with van der Waals surface area (Å²) in [5, 5.41) is 0. The summed E-state index contributed by atoms with van der Waals surface area (Å²) in [6.07, 6.45) is 1.50. The van der Waals surface area contributed by atoms with Crippen LogP contribution in [0.1, 0.15) is 18.4 Å². The van der Waals surface area contributed by atoms with Gasteiger partial charge in [0, 0.05) is 33.4 Å². The Morgan fingerprint density at radius 3 is 2.62 bits per heavy atom. The molecule has 2 rings (SSSR count). The van der Waals surface area contributed by atoms with Gasteiger partial charge in [0.1, 0.15) is 5.82 Å². The van der Waals surface area contributed by atoms with E-state index >= 15 is 0 Å². The molecule has 1 heterocycles. The topological polar surface area (TPSA) is 72.6 Å². The van der Waals surface area contributed by atoms with E-state index in [-0.39, 0.29) is 11.4 Å². The fraction of sp³-hybridized carbons (Fsp3) is 0.571. The summed E-state index contributed by atoms with van der Waals surface area (Å²) in [4.78, 5) is -0.0183. The first-order valence-corrected chi connectivity index (χ1v) is 8.40. The summed E-state index contributed by atoms with van der Waals surface area (Å²) < 4.78 is 45.2. The van der Waals surface area contributed by atoms with E-state index in [0.717, 1.165) is 18.9 Å². The molecule has 0 atom stereocenters. The van der Waals surface area contributed by atoms with Crippen molar-refractivity contribution >= 4 is 10.0 Å². The Morgan fingerprint density at radius 1 is 1.38 bits per heavy atom. The number of piperidine rings is 1. The molecular weight excluding hydrogens is 295 g/mol. The van der Waals surface area contributed by atoms with Gasteiger partial charge in [0.05, 0.1) is 4.90 Å². The van der Waals surface area contributed by atoms with Crippen molar-refractivity contribution in [1.29, 1.82) is 0 Å². The minimum atomic E-state index is -3.69. The van der Waals surface area contributed by atoms with Crippen LogP contribution in [0.4, 0.5) is 4.39 Å². The SMILES string of the molecule is COCC1CCN(S(=O)(=O)c2cc(F)ccc2CN)CC1. The molecule has 2 N–H and O–H groups in total. The molecule has 0 aliphatic carbocycles. The average molecular weight is 316 g/mol. The smallest absolute Gasteiger partial charge is 0.243 e. The van der Waals surface area contributed by atoms with Crippen LogP contribution >= 0.6 is 0 Å². The fourth-order valence-corrected chi connectivity index (χ4v) is 4.34. The van der Waals surface area contributed by atoms with Gasteiger partial charge in [-0.15, -0.1) is 0 Å². The number of sulfonamides is 1. The first-order valence-electron chi connectivity index (χ1n) is 6.96. The molecule has 1 aromatic rings. The van der Waals surface area contributed by atoms with Crippen molar-refractivity contribution in [2.45, 2.75) is 24.3 Å². The van der Waals surface area contributed by atoms with Crippen LogP contribution in [0.5, 0.6) is 0 Å². The molecule has 0 saturated carbocycles. The second-order valence-electron chi connectivity index (χ2n) is 5.26. The average Bonchev–Trinajstić information content (AvgIpc) is 2.48. The molecule has 0 spiro atoms. The van der Waals surface area contributed by atoms with Crippen molar-refractivity contribution in [2.75, 3.05) is 26.8 Å². The summed E-state index contributed by atoms with van der Waals surface area (Å²) in [5.74, 6) is -0.192. The molecule has 0 unspecified atom stereocenters. The Hall–Kier alpha value is -1.02. The maximum Gasteiger partial charge on any atom is 0.243 e. The van der Waals surface area contributed by atoms with Crippen molar-refractivity contribution < 1.29 is 17.5 Å². The van der Waals surface area contributed by atoms with Gasteiger partial charge in [-0.05, 0) is 36.5 Å². The highest BCUT2D eigenvalue weighted by atomic mass is 32.2. The third-order valence-corrected chi connectivity index (χ3v) is 5.82. The van der Waals surface area contributed by atoms with Crippen LogP contribution < -0.4 is 5.73 Å². The van der Waals surface area contributed by atoms with Gasteiger partial charge in [0.25, 0.3) is 0 Å². The van der Waals surface area contributed by atoms with Crippen molar-refractivity contribution in [3.8, 4) is 0 Å². The van der Waals surface area contributed by atoms with Crippen LogP contribution in [-0.2, 0) is 21.3 Å². The summed E-state index contributed by atoms with van der Waals surface area (Å²) in [6.45, 7) is 1.56. The van der Waals surface area contributed by atoms with Crippen LogP contribution in [0.15, 0.2) is 23.1 Å². The molecule has 0 radical (unpaired) electrons. The molecule has 1 saturated heterocycles. The third kappa shape index (κ3) is 3.60. The molecule has 1 fully saturated rings. The van der Waals surface area contributed by atoms with Gasteiger partial charge >= 0.3 is 0 Å². The van der Waals surface area contributed by atoms with Crippen molar-refractivity contribution in [3.63, 3.8) is 0 Å². The number of halogens is 1. The van der Waals surface area contributed by atoms with E-state index in [4.69, 9.17) is 10.5 Å². The van der Waals surface area contributed by atoms with Crippen LogP contribution in [0.2, 0.25) is 0 Å². The fourth-order valence-electron chi connectivity index (χ4n) is 2.63. The van der Waals surface area contributed by atoms with E-state index in [1.165, 1.54) is 16.4 Å². The van der Waals surface area contributed by atoms with E-state index in [1.807, 2.05) is 0 Å². The minimum Gasteiger partial charge on any atom is -0.384 e. The van der Waals surface area contributed by atoms with Crippen LogP contribution in [-0.4, -0.2) is 39.5 Å². The van der Waals surface area contributed by atoms with Crippen LogP contribution in [0.3, 0.4) is 0 Å². The second kappa shape index (κ2) is 6.83. The van der Waals surface area contributed by atoms with Crippen LogP contribution in [0, 0.1) is 11.7 Å². The van der Waals surface area contributed by atoms with Gasteiger partial charge in [0.2, 0.25) is 10.0 Å². The molecule has 1 aliphatic rings. The van der Waals surface area contributed by atoms with Crippen molar-refractivity contribution in [1.82, 2.24) is 4.31 Å². The zero-order valence-corrected chi connectivity index (χ0v) is 12.9. The largest absolute Gasteiger partial charge is 0.384 e. The number of benzene rings is 1. The predicted molar refractivity (Wildman–Crippen MR) is 77.7 cm³/mol. The van der Waals surface area contributed by atoms with Gasteiger partial charge in [-0.25, -0.2) is 12.8 Å². The lowest BCUT2D eigenvalue weighted by atomic mass is 9.99. The van der Waals surface area contributed by atoms with E-state index in [9.17, 15) is 12.8 Å². The van der Waals surface area contributed by atoms with Gasteiger partial charge in [0.15, 0.2) is 0 Å². The molecule has 0 bridgehead atoms. The van der Waals surface area contributed by atoms with Crippen LogP contribution in [0.25, 0.3) is 0 Å². The molecule has 1 aliphatic heterocycles. The van der Waals surface area contributed by atoms with Gasteiger partial charge in [-0.1, -0.05) is 6.07 Å². The number of nitrogens with zero attached hydrogens (tertiary/aromatic N) is 1. The second-order valence-corrected chi connectivity index (χ2v) is 7.17. The number of hydrogen-bond acceptors (Lipinski definition) is 4. The third-order valence-electron chi connectivity index (χ3n) is 3.84. The van der Waals surface area contributed by atoms with E-state index in [1.54, 1.807) is 7.11 Å². The molecule has 0 amide bonds. The normalized spacial score (nSPS) is 18.0. The maximum absolute atomic E-state index is 13.4. The number of nitrogens with two attached hydrogens (primary N) is 1.